The van der Waals surface area contributed by atoms with Gasteiger partial charge in [-0.3, -0.25) is 9.78 Å². The molecule has 7 nitrogen and oxygen atoms in total. The molecule has 0 aromatic carbocycles. The SMILES string of the molecule is CCCCc1nc2c(N)nc3cccnc3c2n1CCCC(N)=O. The van der Waals surface area contributed by atoms with E-state index in [2.05, 4.69) is 21.5 Å². The van der Waals surface area contributed by atoms with Gasteiger partial charge in [-0.25, -0.2) is 9.97 Å². The maximum Gasteiger partial charge on any atom is 0.217 e. The van der Waals surface area contributed by atoms with E-state index >= 15 is 0 Å². The third-order valence-electron chi connectivity index (χ3n) is 4.10. The van der Waals surface area contributed by atoms with Crippen molar-refractivity contribution in [3.05, 3.63) is 24.2 Å². The van der Waals surface area contributed by atoms with E-state index in [4.69, 9.17) is 16.5 Å². The summed E-state index contributed by atoms with van der Waals surface area (Å²) in [5.74, 6) is 1.08. The van der Waals surface area contributed by atoms with Crippen LogP contribution in [0.3, 0.4) is 0 Å². The molecule has 3 aromatic heterocycles. The van der Waals surface area contributed by atoms with Crippen LogP contribution in [-0.4, -0.2) is 25.4 Å². The van der Waals surface area contributed by atoms with E-state index < -0.39 is 0 Å². The molecule has 3 aromatic rings. The van der Waals surface area contributed by atoms with Gasteiger partial charge in [-0.1, -0.05) is 13.3 Å². The largest absolute Gasteiger partial charge is 0.382 e. The zero-order valence-corrected chi connectivity index (χ0v) is 13.8. The number of carbonyl (C=O) groups excluding carboxylic acids is 1. The van der Waals surface area contributed by atoms with Crippen LogP contribution in [0.1, 0.15) is 38.4 Å². The highest BCUT2D eigenvalue weighted by Gasteiger charge is 2.17. The van der Waals surface area contributed by atoms with Gasteiger partial charge in [0.05, 0.1) is 5.52 Å². The first kappa shape index (κ1) is 16.2. The van der Waals surface area contributed by atoms with Crippen molar-refractivity contribution in [1.29, 1.82) is 0 Å². The average molecular weight is 326 g/mol. The van der Waals surface area contributed by atoms with Crippen LogP contribution in [0.2, 0.25) is 0 Å². The van der Waals surface area contributed by atoms with Crippen molar-refractivity contribution >= 4 is 33.8 Å². The maximum absolute atomic E-state index is 11.1. The predicted molar refractivity (Wildman–Crippen MR) is 94.3 cm³/mol. The van der Waals surface area contributed by atoms with Crippen molar-refractivity contribution in [2.45, 2.75) is 45.6 Å². The number of fused-ring (bicyclic) bond motifs is 3. The monoisotopic (exact) mass is 326 g/mol. The fourth-order valence-corrected chi connectivity index (χ4v) is 2.95. The van der Waals surface area contributed by atoms with E-state index in [0.717, 1.165) is 41.6 Å². The first-order chi connectivity index (χ1) is 11.6. The molecule has 3 heterocycles. The molecule has 24 heavy (non-hydrogen) atoms. The summed E-state index contributed by atoms with van der Waals surface area (Å²) in [7, 11) is 0. The second kappa shape index (κ2) is 6.82. The zero-order valence-electron chi connectivity index (χ0n) is 13.8. The number of hydrogen-bond acceptors (Lipinski definition) is 5. The first-order valence-electron chi connectivity index (χ1n) is 8.29. The predicted octanol–water partition coefficient (Wildman–Crippen LogP) is 2.17. The molecule has 4 N–H and O–H groups in total. The van der Waals surface area contributed by atoms with Crippen LogP contribution in [0.25, 0.3) is 22.1 Å². The van der Waals surface area contributed by atoms with Crippen LogP contribution in [0.5, 0.6) is 0 Å². The molecular weight excluding hydrogens is 304 g/mol. The molecule has 0 fully saturated rings. The Morgan fingerprint density at radius 1 is 1.25 bits per heavy atom. The van der Waals surface area contributed by atoms with Gasteiger partial charge in [0.1, 0.15) is 22.4 Å². The molecule has 0 aliphatic carbocycles. The molecule has 0 bridgehead atoms. The number of rotatable bonds is 7. The van der Waals surface area contributed by atoms with Crippen molar-refractivity contribution < 1.29 is 4.79 Å². The summed E-state index contributed by atoms with van der Waals surface area (Å²) >= 11 is 0. The molecule has 0 unspecified atom stereocenters. The number of imidazole rings is 1. The maximum atomic E-state index is 11.1. The highest BCUT2D eigenvalue weighted by Crippen LogP contribution is 2.28. The Morgan fingerprint density at radius 3 is 2.83 bits per heavy atom. The minimum absolute atomic E-state index is 0.293. The van der Waals surface area contributed by atoms with Crippen LogP contribution < -0.4 is 11.5 Å². The third kappa shape index (κ3) is 3.02. The molecule has 0 spiro atoms. The summed E-state index contributed by atoms with van der Waals surface area (Å²) in [4.78, 5) is 24.7. The number of nitrogens with two attached hydrogens (primary N) is 2. The molecule has 1 amide bonds. The summed E-state index contributed by atoms with van der Waals surface area (Å²) in [6, 6.07) is 3.73. The van der Waals surface area contributed by atoms with Gasteiger partial charge in [0, 0.05) is 25.6 Å². The number of nitrogens with zero attached hydrogens (tertiary/aromatic N) is 4. The summed E-state index contributed by atoms with van der Waals surface area (Å²) in [5, 5.41) is 0. The molecular formula is C17H22N6O. The van der Waals surface area contributed by atoms with E-state index in [1.807, 2.05) is 12.1 Å². The fourth-order valence-electron chi connectivity index (χ4n) is 2.95. The molecule has 7 heteroatoms. The van der Waals surface area contributed by atoms with Gasteiger partial charge in [-0.15, -0.1) is 0 Å². The number of hydrogen-bond donors (Lipinski definition) is 2. The lowest BCUT2D eigenvalue weighted by Crippen LogP contribution is -2.12. The Balaban J connectivity index is 2.16. The third-order valence-corrected chi connectivity index (χ3v) is 4.10. The standard InChI is InChI=1S/C17H22N6O/c1-2-3-8-13-22-15-16(23(13)10-5-7-12(18)24)14-11(21-17(15)19)6-4-9-20-14/h4,6,9H,2-3,5,7-8,10H2,1H3,(H2,18,24)(H2,19,21). The van der Waals surface area contributed by atoms with Crippen LogP contribution in [0.15, 0.2) is 18.3 Å². The highest BCUT2D eigenvalue weighted by atomic mass is 16.1. The van der Waals surface area contributed by atoms with E-state index in [-0.39, 0.29) is 5.91 Å². The number of aryl methyl sites for hydroxylation is 2. The van der Waals surface area contributed by atoms with E-state index in [1.54, 1.807) is 6.20 Å². The molecule has 0 aliphatic heterocycles. The number of aromatic nitrogens is 4. The Labute approximate surface area is 140 Å². The fraction of sp³-hybridized carbons (Fsp3) is 0.412. The summed E-state index contributed by atoms with van der Waals surface area (Å²) in [6.07, 6.45) is 5.73. The summed E-state index contributed by atoms with van der Waals surface area (Å²) in [5.41, 5.74) is 14.5. The van der Waals surface area contributed by atoms with Crippen LogP contribution in [0.4, 0.5) is 5.82 Å². The average Bonchev–Trinajstić information content (AvgIpc) is 2.92. The van der Waals surface area contributed by atoms with Gasteiger partial charge in [-0.05, 0) is 25.0 Å². The summed E-state index contributed by atoms with van der Waals surface area (Å²) < 4.78 is 2.13. The molecule has 0 saturated heterocycles. The Hall–Kier alpha value is -2.70. The quantitative estimate of drug-likeness (QED) is 0.691. The van der Waals surface area contributed by atoms with Gasteiger partial charge < -0.3 is 16.0 Å². The topological polar surface area (TPSA) is 113 Å². The van der Waals surface area contributed by atoms with Gasteiger partial charge in [0.2, 0.25) is 5.91 Å². The Bertz CT molecular complexity index is 886. The number of anilines is 1. The molecule has 0 radical (unpaired) electrons. The van der Waals surface area contributed by atoms with E-state index in [1.165, 1.54) is 0 Å². The van der Waals surface area contributed by atoms with Crippen molar-refractivity contribution in [2.24, 2.45) is 5.73 Å². The highest BCUT2D eigenvalue weighted by molar-refractivity contribution is 6.04. The van der Waals surface area contributed by atoms with Crippen molar-refractivity contribution in [3.63, 3.8) is 0 Å². The smallest absolute Gasteiger partial charge is 0.217 e. The van der Waals surface area contributed by atoms with Crippen molar-refractivity contribution in [2.75, 3.05) is 5.73 Å². The number of nitrogen functional groups attached to an aromatic ring is 1. The minimum atomic E-state index is -0.293. The van der Waals surface area contributed by atoms with Gasteiger partial charge in [0.25, 0.3) is 0 Å². The van der Waals surface area contributed by atoms with Gasteiger partial charge >= 0.3 is 0 Å². The number of unbranched alkanes of at least 4 members (excludes halogenated alkanes) is 1. The normalized spacial score (nSPS) is 11.4. The summed E-state index contributed by atoms with van der Waals surface area (Å²) in [6.45, 7) is 2.81. The number of primary amides is 1. The molecule has 0 saturated carbocycles. The first-order valence-corrected chi connectivity index (χ1v) is 8.29. The Kier molecular flexibility index (Phi) is 4.59. The van der Waals surface area contributed by atoms with E-state index in [9.17, 15) is 4.79 Å². The van der Waals surface area contributed by atoms with Gasteiger partial charge in [0.15, 0.2) is 5.82 Å². The van der Waals surface area contributed by atoms with Crippen LogP contribution in [-0.2, 0) is 17.8 Å². The lowest BCUT2D eigenvalue weighted by Gasteiger charge is -2.09. The van der Waals surface area contributed by atoms with Gasteiger partial charge in [-0.2, -0.15) is 0 Å². The second-order valence-electron chi connectivity index (χ2n) is 5.92. The number of pyridine rings is 2. The number of carbonyl (C=O) groups is 1. The molecule has 3 rings (SSSR count). The zero-order chi connectivity index (χ0) is 17.1. The van der Waals surface area contributed by atoms with Crippen LogP contribution >= 0.6 is 0 Å². The molecule has 0 aliphatic rings. The van der Waals surface area contributed by atoms with E-state index in [0.29, 0.717) is 30.7 Å². The lowest BCUT2D eigenvalue weighted by atomic mass is 10.2. The Morgan fingerprint density at radius 2 is 2.08 bits per heavy atom. The lowest BCUT2D eigenvalue weighted by molar-refractivity contribution is -0.118. The minimum Gasteiger partial charge on any atom is -0.382 e. The van der Waals surface area contributed by atoms with Crippen molar-refractivity contribution in [1.82, 2.24) is 19.5 Å². The number of amides is 1. The second-order valence-corrected chi connectivity index (χ2v) is 5.92. The van der Waals surface area contributed by atoms with Crippen LogP contribution in [0, 0.1) is 0 Å². The van der Waals surface area contributed by atoms with Crippen molar-refractivity contribution in [3.8, 4) is 0 Å². The molecule has 0 atom stereocenters. The molecule has 126 valence electrons.